The van der Waals surface area contributed by atoms with E-state index in [0.717, 1.165) is 22.9 Å². The number of hydrogen-bond donors (Lipinski definition) is 0. The fourth-order valence-corrected chi connectivity index (χ4v) is 4.87. The zero-order valence-electron chi connectivity index (χ0n) is 17.4. The maximum atomic E-state index is 6.32. The molecule has 146 valence electrons. The van der Waals surface area contributed by atoms with Crippen LogP contribution in [0.25, 0.3) is 11.1 Å². The Morgan fingerprint density at radius 3 is 2.23 bits per heavy atom. The molecular formula is C28H23NO. The van der Waals surface area contributed by atoms with Crippen molar-refractivity contribution in [2.24, 2.45) is 0 Å². The molecule has 0 unspecified atom stereocenters. The SMILES string of the molecule is Cc1ccc(-c2ccc3c(c2)N2c4ccccc4Oc4cccc(c42)C3(C)C)cc1. The van der Waals surface area contributed by atoms with Crippen molar-refractivity contribution in [3.63, 3.8) is 0 Å². The summed E-state index contributed by atoms with van der Waals surface area (Å²) in [7, 11) is 0. The second kappa shape index (κ2) is 5.99. The van der Waals surface area contributed by atoms with Crippen LogP contribution in [-0.2, 0) is 5.41 Å². The van der Waals surface area contributed by atoms with Gasteiger partial charge in [-0.15, -0.1) is 0 Å². The molecule has 0 atom stereocenters. The molecule has 0 saturated heterocycles. The molecule has 0 radical (unpaired) electrons. The first-order chi connectivity index (χ1) is 14.5. The quantitative estimate of drug-likeness (QED) is 0.289. The van der Waals surface area contributed by atoms with Gasteiger partial charge in [0, 0.05) is 5.41 Å². The van der Waals surface area contributed by atoms with E-state index in [4.69, 9.17) is 4.74 Å². The van der Waals surface area contributed by atoms with E-state index in [9.17, 15) is 0 Å². The Balaban J connectivity index is 1.65. The van der Waals surface area contributed by atoms with Crippen molar-refractivity contribution in [2.75, 3.05) is 4.90 Å². The fourth-order valence-electron chi connectivity index (χ4n) is 4.87. The van der Waals surface area contributed by atoms with Gasteiger partial charge in [-0.2, -0.15) is 0 Å². The van der Waals surface area contributed by atoms with Crippen molar-refractivity contribution in [3.8, 4) is 22.6 Å². The van der Waals surface area contributed by atoms with E-state index in [1.807, 2.05) is 12.1 Å². The molecule has 0 N–H and O–H groups in total. The van der Waals surface area contributed by atoms with Crippen LogP contribution in [-0.4, -0.2) is 0 Å². The minimum Gasteiger partial charge on any atom is -0.453 e. The monoisotopic (exact) mass is 389 g/mol. The van der Waals surface area contributed by atoms with Gasteiger partial charge in [-0.3, -0.25) is 0 Å². The zero-order chi connectivity index (χ0) is 20.5. The molecular weight excluding hydrogens is 366 g/mol. The van der Waals surface area contributed by atoms with Crippen LogP contribution in [0.3, 0.4) is 0 Å². The van der Waals surface area contributed by atoms with Crippen LogP contribution in [0.5, 0.6) is 11.5 Å². The van der Waals surface area contributed by atoms with Crippen LogP contribution >= 0.6 is 0 Å². The average Bonchev–Trinajstić information content (AvgIpc) is 2.76. The van der Waals surface area contributed by atoms with Gasteiger partial charge in [-0.25, -0.2) is 0 Å². The number of aryl methyl sites for hydroxylation is 1. The van der Waals surface area contributed by atoms with Crippen LogP contribution < -0.4 is 9.64 Å². The summed E-state index contributed by atoms with van der Waals surface area (Å²) < 4.78 is 6.32. The molecule has 2 heterocycles. The molecule has 0 amide bonds. The topological polar surface area (TPSA) is 12.5 Å². The molecule has 0 aromatic heterocycles. The van der Waals surface area contributed by atoms with E-state index in [-0.39, 0.29) is 5.41 Å². The second-order valence-corrected chi connectivity index (χ2v) is 8.78. The number of hydrogen-bond acceptors (Lipinski definition) is 2. The number of nitrogens with zero attached hydrogens (tertiary/aromatic N) is 1. The van der Waals surface area contributed by atoms with Gasteiger partial charge in [0.05, 0.1) is 17.1 Å². The first-order valence-corrected chi connectivity index (χ1v) is 10.5. The predicted molar refractivity (Wildman–Crippen MR) is 124 cm³/mol. The van der Waals surface area contributed by atoms with Crippen LogP contribution in [0.15, 0.2) is 84.9 Å². The summed E-state index contributed by atoms with van der Waals surface area (Å²) >= 11 is 0. The summed E-state index contributed by atoms with van der Waals surface area (Å²) in [6.45, 7) is 6.75. The standard InChI is InChI=1S/C28H23NO/c1-18-11-13-19(14-12-18)20-15-16-21-24(17-20)29-23-8-4-5-9-25(23)30-26-10-6-7-22(27(26)29)28(21,2)3/h4-17H,1-3H3. The molecule has 4 aromatic rings. The first-order valence-electron chi connectivity index (χ1n) is 10.5. The lowest BCUT2D eigenvalue weighted by molar-refractivity contribution is 0.471. The van der Waals surface area contributed by atoms with Crippen LogP contribution in [0.1, 0.15) is 30.5 Å². The number of benzene rings is 4. The molecule has 2 heteroatoms. The van der Waals surface area contributed by atoms with Gasteiger partial charge in [-0.1, -0.05) is 80.1 Å². The largest absolute Gasteiger partial charge is 0.453 e. The number of rotatable bonds is 1. The normalized spacial score (nSPS) is 15.0. The molecule has 2 aliphatic rings. The van der Waals surface area contributed by atoms with E-state index in [2.05, 4.69) is 98.5 Å². The van der Waals surface area contributed by atoms with E-state index in [1.54, 1.807) is 0 Å². The highest BCUT2D eigenvalue weighted by atomic mass is 16.5. The van der Waals surface area contributed by atoms with Gasteiger partial charge in [-0.05, 0) is 53.4 Å². The first kappa shape index (κ1) is 17.3. The predicted octanol–water partition coefficient (Wildman–Crippen LogP) is 7.88. The third-order valence-electron chi connectivity index (χ3n) is 6.52. The Kier molecular flexibility index (Phi) is 3.47. The van der Waals surface area contributed by atoms with E-state index in [1.165, 1.54) is 33.5 Å². The van der Waals surface area contributed by atoms with Gasteiger partial charge < -0.3 is 9.64 Å². The number of fused-ring (bicyclic) bond motifs is 4. The average molecular weight is 389 g/mol. The molecule has 0 fully saturated rings. The fraction of sp³-hybridized carbons (Fsp3) is 0.143. The molecule has 30 heavy (non-hydrogen) atoms. The van der Waals surface area contributed by atoms with Gasteiger partial charge in [0.15, 0.2) is 11.5 Å². The van der Waals surface area contributed by atoms with Crippen molar-refractivity contribution in [2.45, 2.75) is 26.2 Å². The molecule has 0 saturated carbocycles. The molecule has 0 spiro atoms. The third kappa shape index (κ3) is 2.31. The molecule has 0 bridgehead atoms. The van der Waals surface area contributed by atoms with Gasteiger partial charge >= 0.3 is 0 Å². The summed E-state index contributed by atoms with van der Waals surface area (Å²) in [4.78, 5) is 2.39. The number of ether oxygens (including phenoxy) is 1. The summed E-state index contributed by atoms with van der Waals surface area (Å²) in [5.41, 5.74) is 9.75. The Hall–Kier alpha value is -3.52. The van der Waals surface area contributed by atoms with Gasteiger partial charge in [0.1, 0.15) is 0 Å². The van der Waals surface area contributed by atoms with Crippen molar-refractivity contribution >= 4 is 17.1 Å². The third-order valence-corrected chi connectivity index (χ3v) is 6.52. The number of para-hydroxylation sites is 3. The minimum atomic E-state index is -0.112. The summed E-state index contributed by atoms with van der Waals surface area (Å²) in [5, 5.41) is 0. The summed E-state index contributed by atoms with van der Waals surface area (Å²) in [6.07, 6.45) is 0. The Morgan fingerprint density at radius 1 is 0.667 bits per heavy atom. The molecule has 2 nitrogen and oxygen atoms in total. The number of anilines is 3. The lowest BCUT2D eigenvalue weighted by atomic mass is 9.72. The minimum absolute atomic E-state index is 0.112. The summed E-state index contributed by atoms with van der Waals surface area (Å²) in [6, 6.07) is 30.4. The van der Waals surface area contributed by atoms with Crippen molar-refractivity contribution in [3.05, 3.63) is 102 Å². The highest BCUT2D eigenvalue weighted by molar-refractivity contribution is 5.94. The van der Waals surface area contributed by atoms with Gasteiger partial charge in [0.2, 0.25) is 0 Å². The highest BCUT2D eigenvalue weighted by Crippen LogP contribution is 2.59. The lowest BCUT2D eigenvalue weighted by Crippen LogP contribution is -2.32. The molecule has 4 aromatic carbocycles. The molecule has 2 aliphatic heterocycles. The Bertz CT molecular complexity index is 1300. The van der Waals surface area contributed by atoms with Crippen molar-refractivity contribution < 1.29 is 4.74 Å². The lowest BCUT2D eigenvalue weighted by Gasteiger charge is -2.45. The zero-order valence-corrected chi connectivity index (χ0v) is 17.4. The smallest absolute Gasteiger partial charge is 0.151 e. The molecule has 0 aliphatic carbocycles. The Morgan fingerprint density at radius 2 is 1.40 bits per heavy atom. The highest BCUT2D eigenvalue weighted by Gasteiger charge is 2.41. The van der Waals surface area contributed by atoms with Gasteiger partial charge in [0.25, 0.3) is 0 Å². The molecule has 6 rings (SSSR count). The van der Waals surface area contributed by atoms with Crippen molar-refractivity contribution in [1.29, 1.82) is 0 Å². The van der Waals surface area contributed by atoms with E-state index < -0.39 is 0 Å². The summed E-state index contributed by atoms with van der Waals surface area (Å²) in [5.74, 6) is 1.82. The van der Waals surface area contributed by atoms with Crippen LogP contribution in [0.2, 0.25) is 0 Å². The van der Waals surface area contributed by atoms with Crippen LogP contribution in [0.4, 0.5) is 17.1 Å². The van der Waals surface area contributed by atoms with Crippen LogP contribution in [0, 0.1) is 6.92 Å². The van der Waals surface area contributed by atoms with E-state index >= 15 is 0 Å². The Labute approximate surface area is 177 Å². The van der Waals surface area contributed by atoms with E-state index in [0.29, 0.717) is 0 Å². The maximum absolute atomic E-state index is 6.32. The second-order valence-electron chi connectivity index (χ2n) is 8.78. The maximum Gasteiger partial charge on any atom is 0.151 e. The van der Waals surface area contributed by atoms with Crippen molar-refractivity contribution in [1.82, 2.24) is 0 Å².